The molecule has 1 amide bonds. The van der Waals surface area contributed by atoms with Crippen LogP contribution in [-0.4, -0.2) is 34.4 Å². The van der Waals surface area contributed by atoms with Crippen LogP contribution < -0.4 is 10.2 Å². The van der Waals surface area contributed by atoms with E-state index in [2.05, 4.69) is 10.5 Å². The van der Waals surface area contributed by atoms with Crippen LogP contribution in [0.2, 0.25) is 0 Å². The van der Waals surface area contributed by atoms with Gasteiger partial charge in [-0.05, 0) is 59.7 Å². The Morgan fingerprint density at radius 2 is 1.68 bits per heavy atom. The van der Waals surface area contributed by atoms with Crippen LogP contribution in [-0.2, 0) is 4.79 Å². The summed E-state index contributed by atoms with van der Waals surface area (Å²) < 4.78 is 5.07. The molecule has 0 spiro atoms. The molecule has 7 heteroatoms. The lowest BCUT2D eigenvalue weighted by atomic mass is 10.1. The summed E-state index contributed by atoms with van der Waals surface area (Å²) in [5, 5.41) is 24.5. The van der Waals surface area contributed by atoms with Crippen molar-refractivity contribution >= 4 is 28.4 Å². The molecule has 0 aromatic heterocycles. The second-order valence-electron chi connectivity index (χ2n) is 6.06. The number of carbonyl (C=O) groups is 2. The topological polar surface area (TPSA) is 108 Å². The summed E-state index contributed by atoms with van der Waals surface area (Å²) in [4.78, 5) is 22.9. The molecule has 7 nitrogen and oxygen atoms in total. The number of nitrogens with one attached hydrogen (secondary N) is 1. The molecule has 3 aromatic carbocycles. The average molecular weight is 378 g/mol. The first-order valence-corrected chi connectivity index (χ1v) is 8.45. The summed E-state index contributed by atoms with van der Waals surface area (Å²) in [5.41, 5.74) is 3.84. The van der Waals surface area contributed by atoms with Gasteiger partial charge in [0.25, 0.3) is 5.91 Å². The molecule has 28 heavy (non-hydrogen) atoms. The van der Waals surface area contributed by atoms with Gasteiger partial charge < -0.3 is 14.9 Å². The van der Waals surface area contributed by atoms with E-state index < -0.39 is 18.5 Å². The molecule has 0 fully saturated rings. The van der Waals surface area contributed by atoms with Gasteiger partial charge in [0, 0.05) is 0 Å². The number of amides is 1. The van der Waals surface area contributed by atoms with Gasteiger partial charge in [-0.25, -0.2) is 10.2 Å². The number of nitrogens with zero attached hydrogens (tertiary/aromatic N) is 1. The second-order valence-corrected chi connectivity index (χ2v) is 6.06. The molecule has 0 heterocycles. The van der Waals surface area contributed by atoms with E-state index in [0.717, 1.165) is 16.3 Å². The fourth-order valence-corrected chi connectivity index (χ4v) is 2.61. The van der Waals surface area contributed by atoms with Crippen molar-refractivity contribution in [2.24, 2.45) is 5.10 Å². The minimum absolute atomic E-state index is 0.121. The van der Waals surface area contributed by atoms with Crippen LogP contribution in [0.4, 0.5) is 0 Å². The van der Waals surface area contributed by atoms with Gasteiger partial charge in [0.1, 0.15) is 11.5 Å². The number of hydrogen-bond acceptors (Lipinski definition) is 5. The van der Waals surface area contributed by atoms with E-state index >= 15 is 0 Å². The first-order chi connectivity index (χ1) is 13.4. The van der Waals surface area contributed by atoms with E-state index in [0.29, 0.717) is 11.5 Å². The standard InChI is InChI=1S/C21H18N2O5/c1-13(14-6-8-17(9-7-14)28-12-20(25)26)22-23-21(27)18-10-15-4-2-3-5-16(15)11-19(18)24/h2-11,24H,12H2,1H3,(H,23,27)(H,25,26)/b22-13-. The third-order valence-electron chi connectivity index (χ3n) is 4.07. The van der Waals surface area contributed by atoms with Crippen LogP contribution in [0.3, 0.4) is 0 Å². The van der Waals surface area contributed by atoms with Crippen LogP contribution in [0.1, 0.15) is 22.8 Å². The highest BCUT2D eigenvalue weighted by Gasteiger charge is 2.12. The van der Waals surface area contributed by atoms with E-state index in [1.165, 1.54) is 6.07 Å². The first-order valence-electron chi connectivity index (χ1n) is 8.45. The van der Waals surface area contributed by atoms with Crippen molar-refractivity contribution in [1.82, 2.24) is 5.43 Å². The molecule has 0 aliphatic heterocycles. The van der Waals surface area contributed by atoms with Gasteiger partial charge in [-0.3, -0.25) is 4.79 Å². The van der Waals surface area contributed by atoms with E-state index in [-0.39, 0.29) is 11.3 Å². The smallest absolute Gasteiger partial charge is 0.341 e. The van der Waals surface area contributed by atoms with E-state index in [1.807, 2.05) is 24.3 Å². The molecule has 3 N–H and O–H groups in total. The van der Waals surface area contributed by atoms with Crippen molar-refractivity contribution in [3.8, 4) is 11.5 Å². The predicted molar refractivity (Wildman–Crippen MR) is 105 cm³/mol. The van der Waals surface area contributed by atoms with Gasteiger partial charge in [0.05, 0.1) is 11.3 Å². The summed E-state index contributed by atoms with van der Waals surface area (Å²) in [6, 6.07) is 17.2. The first kappa shape index (κ1) is 18.9. The summed E-state index contributed by atoms with van der Waals surface area (Å²) in [7, 11) is 0. The fourth-order valence-electron chi connectivity index (χ4n) is 2.61. The lowest BCUT2D eigenvalue weighted by Crippen LogP contribution is -2.19. The van der Waals surface area contributed by atoms with Crippen molar-refractivity contribution in [1.29, 1.82) is 0 Å². The van der Waals surface area contributed by atoms with Crippen molar-refractivity contribution in [2.45, 2.75) is 6.92 Å². The summed E-state index contributed by atoms with van der Waals surface area (Å²) in [5.74, 6) is -1.28. The molecule has 0 atom stereocenters. The SMILES string of the molecule is C/C(=N/NC(=O)c1cc2ccccc2cc1O)c1ccc(OCC(=O)O)cc1. The molecule has 0 saturated heterocycles. The lowest BCUT2D eigenvalue weighted by Gasteiger charge is -2.07. The van der Waals surface area contributed by atoms with Crippen molar-refractivity contribution in [2.75, 3.05) is 6.61 Å². The zero-order chi connectivity index (χ0) is 20.1. The highest BCUT2D eigenvalue weighted by molar-refractivity contribution is 6.03. The molecule has 0 unspecified atom stereocenters. The summed E-state index contributed by atoms with van der Waals surface area (Å²) in [6.07, 6.45) is 0. The van der Waals surface area contributed by atoms with Crippen LogP contribution in [0.5, 0.6) is 11.5 Å². The van der Waals surface area contributed by atoms with Crippen LogP contribution in [0.25, 0.3) is 10.8 Å². The van der Waals surface area contributed by atoms with Crippen LogP contribution in [0, 0.1) is 0 Å². The molecule has 0 aliphatic carbocycles. The van der Waals surface area contributed by atoms with Crippen LogP contribution >= 0.6 is 0 Å². The van der Waals surface area contributed by atoms with E-state index in [9.17, 15) is 14.7 Å². The van der Waals surface area contributed by atoms with Crippen LogP contribution in [0.15, 0.2) is 65.8 Å². The third-order valence-corrected chi connectivity index (χ3v) is 4.07. The Morgan fingerprint density at radius 3 is 2.32 bits per heavy atom. The highest BCUT2D eigenvalue weighted by atomic mass is 16.5. The van der Waals surface area contributed by atoms with Gasteiger partial charge in [-0.1, -0.05) is 24.3 Å². The number of benzene rings is 3. The molecule has 3 rings (SSSR count). The quantitative estimate of drug-likeness (QED) is 0.451. The van der Waals surface area contributed by atoms with Crippen molar-refractivity contribution in [3.05, 3.63) is 71.8 Å². The van der Waals surface area contributed by atoms with Crippen molar-refractivity contribution < 1.29 is 24.5 Å². The molecule has 3 aromatic rings. The normalized spacial score (nSPS) is 11.2. The Morgan fingerprint density at radius 1 is 1.04 bits per heavy atom. The maximum absolute atomic E-state index is 12.4. The predicted octanol–water partition coefficient (Wildman–Crippen LogP) is 3.16. The Balaban J connectivity index is 1.71. The van der Waals surface area contributed by atoms with E-state index in [4.69, 9.17) is 9.84 Å². The highest BCUT2D eigenvalue weighted by Crippen LogP contribution is 2.24. The van der Waals surface area contributed by atoms with E-state index in [1.54, 1.807) is 37.3 Å². The van der Waals surface area contributed by atoms with Gasteiger partial charge in [-0.15, -0.1) is 0 Å². The number of carbonyl (C=O) groups excluding carboxylic acids is 1. The summed E-state index contributed by atoms with van der Waals surface area (Å²) >= 11 is 0. The zero-order valence-electron chi connectivity index (χ0n) is 15.0. The molecular weight excluding hydrogens is 360 g/mol. The molecular formula is C21H18N2O5. The minimum Gasteiger partial charge on any atom is -0.507 e. The third kappa shape index (κ3) is 4.45. The van der Waals surface area contributed by atoms with Gasteiger partial charge >= 0.3 is 5.97 Å². The van der Waals surface area contributed by atoms with Gasteiger partial charge in [0.2, 0.25) is 0 Å². The average Bonchev–Trinajstić information content (AvgIpc) is 2.70. The molecule has 0 aliphatic rings. The number of phenols is 1. The number of carboxylic acid groups (broad SMARTS) is 1. The minimum atomic E-state index is -1.05. The summed E-state index contributed by atoms with van der Waals surface area (Å²) in [6.45, 7) is 1.30. The number of ether oxygens (including phenoxy) is 1. The van der Waals surface area contributed by atoms with Crippen molar-refractivity contribution in [3.63, 3.8) is 0 Å². The van der Waals surface area contributed by atoms with Gasteiger partial charge in [-0.2, -0.15) is 5.10 Å². The molecule has 0 radical (unpaired) electrons. The maximum atomic E-state index is 12.4. The number of carboxylic acids is 1. The Kier molecular flexibility index (Phi) is 5.55. The number of aliphatic carboxylic acids is 1. The lowest BCUT2D eigenvalue weighted by molar-refractivity contribution is -0.139. The number of aromatic hydroxyl groups is 1. The Bertz CT molecular complexity index is 1060. The Labute approximate surface area is 160 Å². The fraction of sp³-hybridized carbons (Fsp3) is 0.0952. The number of hydrazone groups is 1. The largest absolute Gasteiger partial charge is 0.507 e. The number of rotatable bonds is 6. The zero-order valence-corrected chi connectivity index (χ0v) is 15.0. The number of phenolic OH excluding ortho intramolecular Hbond substituents is 1. The number of hydrogen-bond donors (Lipinski definition) is 3. The monoisotopic (exact) mass is 378 g/mol. The molecule has 0 saturated carbocycles. The number of fused-ring (bicyclic) bond motifs is 1. The molecule has 142 valence electrons. The maximum Gasteiger partial charge on any atom is 0.341 e. The molecule has 0 bridgehead atoms. The Hall–Kier alpha value is -3.87. The van der Waals surface area contributed by atoms with Gasteiger partial charge in [0.15, 0.2) is 6.61 Å². The second kappa shape index (κ2) is 8.22.